The predicted molar refractivity (Wildman–Crippen MR) is 142 cm³/mol. The van der Waals surface area contributed by atoms with Gasteiger partial charge in [-0.3, -0.25) is 4.98 Å². The highest BCUT2D eigenvalue weighted by atomic mass is 16.2. The third kappa shape index (κ3) is 6.36. The van der Waals surface area contributed by atoms with E-state index in [9.17, 15) is 4.79 Å². The van der Waals surface area contributed by atoms with Crippen LogP contribution in [-0.4, -0.2) is 42.2 Å². The van der Waals surface area contributed by atoms with Crippen molar-refractivity contribution in [2.75, 3.05) is 41.7 Å². The van der Waals surface area contributed by atoms with E-state index < -0.39 is 0 Å². The van der Waals surface area contributed by atoms with Crippen LogP contribution in [0.15, 0.2) is 60.8 Å². The summed E-state index contributed by atoms with van der Waals surface area (Å²) in [5.41, 5.74) is 4.49. The third-order valence-corrected chi connectivity index (χ3v) is 6.88. The van der Waals surface area contributed by atoms with Gasteiger partial charge in [0.1, 0.15) is 5.82 Å². The minimum atomic E-state index is -0.271. The molecule has 0 radical (unpaired) electrons. The lowest BCUT2D eigenvalue weighted by atomic mass is 9.86. The van der Waals surface area contributed by atoms with Gasteiger partial charge >= 0.3 is 6.03 Å². The molecule has 3 heterocycles. The zero-order valence-corrected chi connectivity index (χ0v) is 20.2. The molecule has 5 rings (SSSR count). The maximum absolute atomic E-state index is 12.7. The Morgan fingerprint density at radius 3 is 2.51 bits per heavy atom. The normalized spacial score (nSPS) is 16.6. The number of hydrogen-bond donors (Lipinski definition) is 3. The first-order valence-electron chi connectivity index (χ1n) is 12.8. The van der Waals surface area contributed by atoms with Crippen molar-refractivity contribution in [1.29, 1.82) is 0 Å². The summed E-state index contributed by atoms with van der Waals surface area (Å²) >= 11 is 0. The largest absolute Gasteiger partial charge is 0.354 e. The Kier molecular flexibility index (Phi) is 7.53. The summed E-state index contributed by atoms with van der Waals surface area (Å²) in [6, 6.07) is 17.3. The molecule has 2 aromatic heterocycles. The minimum absolute atomic E-state index is 0.271. The van der Waals surface area contributed by atoms with Crippen LogP contribution in [0.3, 0.4) is 0 Å². The summed E-state index contributed by atoms with van der Waals surface area (Å²) in [6.07, 6.45) is 9.54. The molecule has 35 heavy (non-hydrogen) atoms. The van der Waals surface area contributed by atoms with Crippen molar-refractivity contribution in [2.24, 2.45) is 5.92 Å². The number of para-hydroxylation sites is 1. The Labute approximate surface area is 207 Å². The van der Waals surface area contributed by atoms with Crippen molar-refractivity contribution in [3.63, 3.8) is 0 Å². The van der Waals surface area contributed by atoms with Gasteiger partial charge in [-0.15, -0.1) is 0 Å². The zero-order chi connectivity index (χ0) is 23.9. The highest BCUT2D eigenvalue weighted by molar-refractivity contribution is 6.00. The van der Waals surface area contributed by atoms with Crippen LogP contribution in [0, 0.1) is 5.92 Å². The average molecular weight is 471 g/mol. The average Bonchev–Trinajstić information content (AvgIpc) is 2.90. The maximum atomic E-state index is 12.7. The number of amides is 2. The Morgan fingerprint density at radius 2 is 1.71 bits per heavy atom. The van der Waals surface area contributed by atoms with Crippen LogP contribution in [0.4, 0.5) is 22.0 Å². The highest BCUT2D eigenvalue weighted by Crippen LogP contribution is 2.29. The molecule has 7 nitrogen and oxygen atoms in total. The number of urea groups is 1. The molecule has 0 atom stereocenters. The molecule has 0 spiro atoms. The quantitative estimate of drug-likeness (QED) is 0.454. The van der Waals surface area contributed by atoms with Crippen molar-refractivity contribution in [2.45, 2.75) is 38.5 Å². The summed E-state index contributed by atoms with van der Waals surface area (Å²) in [5.74, 6) is 1.61. The monoisotopic (exact) mass is 470 g/mol. The second-order valence-electron chi connectivity index (χ2n) is 9.53. The second kappa shape index (κ2) is 11.3. The molecule has 2 amide bonds. The van der Waals surface area contributed by atoms with Crippen LogP contribution in [0.2, 0.25) is 0 Å². The number of nitrogens with one attached hydrogen (secondary N) is 3. The first-order chi connectivity index (χ1) is 17.2. The fourth-order valence-electron chi connectivity index (χ4n) is 5.04. The number of rotatable bonds is 6. The number of benzene rings is 1. The molecule has 3 N–H and O–H groups in total. The van der Waals surface area contributed by atoms with Crippen LogP contribution < -0.4 is 20.9 Å². The van der Waals surface area contributed by atoms with Gasteiger partial charge in [0.05, 0.1) is 5.69 Å². The number of aromatic nitrogens is 2. The summed E-state index contributed by atoms with van der Waals surface area (Å²) in [6.45, 7) is 3.61. The Balaban J connectivity index is 1.40. The topological polar surface area (TPSA) is 82.2 Å². The number of piperazine rings is 1. The Hall–Kier alpha value is -3.45. The number of carbonyl (C=O) groups is 1. The fraction of sp³-hybridized carbons (Fsp3) is 0.393. The molecule has 0 bridgehead atoms. The molecule has 2 aliphatic rings. The molecule has 0 unspecified atom stereocenters. The van der Waals surface area contributed by atoms with Gasteiger partial charge in [0.25, 0.3) is 0 Å². The number of pyridine rings is 2. The predicted octanol–water partition coefficient (Wildman–Crippen LogP) is 5.32. The van der Waals surface area contributed by atoms with Gasteiger partial charge in [-0.25, -0.2) is 9.78 Å². The van der Waals surface area contributed by atoms with Gasteiger partial charge in [-0.2, -0.15) is 0 Å². The molecule has 3 aromatic rings. The molecular formula is C28H34N6O. The van der Waals surface area contributed by atoms with Gasteiger partial charge in [0.15, 0.2) is 0 Å². The summed E-state index contributed by atoms with van der Waals surface area (Å²) in [7, 11) is 0. The molecular weight excluding hydrogens is 436 g/mol. The van der Waals surface area contributed by atoms with Crippen molar-refractivity contribution in [3.8, 4) is 11.3 Å². The van der Waals surface area contributed by atoms with E-state index in [1.165, 1.54) is 32.1 Å². The zero-order valence-electron chi connectivity index (χ0n) is 20.2. The van der Waals surface area contributed by atoms with E-state index >= 15 is 0 Å². The maximum Gasteiger partial charge on any atom is 0.323 e. The van der Waals surface area contributed by atoms with Crippen LogP contribution in [0.25, 0.3) is 11.3 Å². The van der Waals surface area contributed by atoms with Crippen molar-refractivity contribution >= 4 is 23.2 Å². The molecule has 1 aliphatic carbocycles. The molecule has 2 fully saturated rings. The Bertz CT molecular complexity index is 1120. The van der Waals surface area contributed by atoms with Crippen LogP contribution in [0.1, 0.15) is 37.8 Å². The fourth-order valence-corrected chi connectivity index (χ4v) is 5.04. The molecule has 182 valence electrons. The lowest BCUT2D eigenvalue weighted by Crippen LogP contribution is -2.44. The summed E-state index contributed by atoms with van der Waals surface area (Å²) in [4.78, 5) is 24.7. The second-order valence-corrected chi connectivity index (χ2v) is 9.53. The SMILES string of the molecule is O=C(Nc1ccccc1)Nc1cc(-c2ccnc(CC3CCCCC3)c2)nc(N2CCNCC2)c1. The van der Waals surface area contributed by atoms with Gasteiger partial charge in [-0.1, -0.05) is 50.3 Å². The van der Waals surface area contributed by atoms with Crippen LogP contribution in [0.5, 0.6) is 0 Å². The summed E-state index contributed by atoms with van der Waals surface area (Å²) in [5, 5.41) is 9.31. The smallest absolute Gasteiger partial charge is 0.323 e. The number of nitrogens with zero attached hydrogens (tertiary/aromatic N) is 3. The molecule has 7 heteroatoms. The molecule has 1 aromatic carbocycles. The van der Waals surface area contributed by atoms with Crippen LogP contribution in [-0.2, 0) is 6.42 Å². The van der Waals surface area contributed by atoms with E-state index in [0.717, 1.165) is 72.7 Å². The van der Waals surface area contributed by atoms with Crippen molar-refractivity contribution < 1.29 is 4.79 Å². The van der Waals surface area contributed by atoms with Gasteiger partial charge in [0.2, 0.25) is 0 Å². The highest BCUT2D eigenvalue weighted by Gasteiger charge is 2.17. The lowest BCUT2D eigenvalue weighted by Gasteiger charge is -2.29. The summed E-state index contributed by atoms with van der Waals surface area (Å²) < 4.78 is 0. The first kappa shape index (κ1) is 23.3. The van der Waals surface area contributed by atoms with E-state index in [1.54, 1.807) is 0 Å². The number of anilines is 3. The third-order valence-electron chi connectivity index (χ3n) is 6.88. The van der Waals surface area contributed by atoms with Crippen molar-refractivity contribution in [1.82, 2.24) is 15.3 Å². The van der Waals surface area contributed by atoms with Gasteiger partial charge < -0.3 is 20.9 Å². The van der Waals surface area contributed by atoms with E-state index in [1.807, 2.05) is 54.7 Å². The van der Waals surface area contributed by atoms with E-state index in [4.69, 9.17) is 4.98 Å². The number of carbonyl (C=O) groups excluding carboxylic acids is 1. The standard InChI is InChI=1S/C28H34N6O/c35-28(31-23-9-5-2-6-10-23)32-25-19-26(33-27(20-25)34-15-13-29-14-16-34)22-11-12-30-24(18-22)17-21-7-3-1-4-8-21/h2,5-6,9-12,18-21,29H,1,3-4,7-8,13-17H2,(H2,31,32,33,35). The van der Waals surface area contributed by atoms with Gasteiger partial charge in [0, 0.05) is 61.1 Å². The van der Waals surface area contributed by atoms with Crippen molar-refractivity contribution in [3.05, 3.63) is 66.5 Å². The van der Waals surface area contributed by atoms with E-state index in [-0.39, 0.29) is 6.03 Å². The first-order valence-corrected chi connectivity index (χ1v) is 12.8. The van der Waals surface area contributed by atoms with Gasteiger partial charge in [-0.05, 0) is 42.7 Å². The Morgan fingerprint density at radius 1 is 0.943 bits per heavy atom. The van der Waals surface area contributed by atoms with E-state index in [2.05, 4.69) is 31.9 Å². The minimum Gasteiger partial charge on any atom is -0.354 e. The molecule has 1 saturated carbocycles. The van der Waals surface area contributed by atoms with Crippen LogP contribution >= 0.6 is 0 Å². The van der Waals surface area contributed by atoms with E-state index in [0.29, 0.717) is 0 Å². The molecule has 1 saturated heterocycles. The number of hydrogen-bond acceptors (Lipinski definition) is 5. The molecule has 1 aliphatic heterocycles. The lowest BCUT2D eigenvalue weighted by molar-refractivity contribution is 0.262.